The number of hydrogen-bond acceptors (Lipinski definition) is 6. The molecule has 144 valence electrons. The van der Waals surface area contributed by atoms with Gasteiger partial charge < -0.3 is 14.5 Å². The second kappa shape index (κ2) is 8.53. The van der Waals surface area contributed by atoms with Gasteiger partial charge in [0.25, 0.3) is 5.91 Å². The van der Waals surface area contributed by atoms with Crippen LogP contribution in [0, 0.1) is 5.92 Å². The van der Waals surface area contributed by atoms with E-state index < -0.39 is 15.8 Å². The quantitative estimate of drug-likeness (QED) is 0.656. The summed E-state index contributed by atoms with van der Waals surface area (Å²) in [6.07, 6.45) is 0.524. The van der Waals surface area contributed by atoms with Crippen LogP contribution in [0.5, 0.6) is 0 Å². The third-order valence-electron chi connectivity index (χ3n) is 4.44. The van der Waals surface area contributed by atoms with Gasteiger partial charge in [0.2, 0.25) is 0 Å². The fourth-order valence-electron chi connectivity index (χ4n) is 2.84. The number of ether oxygens (including phenoxy) is 1. The van der Waals surface area contributed by atoms with E-state index in [1.165, 1.54) is 4.90 Å². The highest BCUT2D eigenvalue weighted by atomic mass is 32.2. The predicted molar refractivity (Wildman–Crippen MR) is 99.6 cm³/mol. The Morgan fingerprint density at radius 3 is 2.35 bits per heavy atom. The number of carbonyl (C=O) groups excluding carboxylic acids is 2. The first-order valence-electron chi connectivity index (χ1n) is 8.52. The molecule has 7 nitrogen and oxygen atoms in total. The van der Waals surface area contributed by atoms with Crippen LogP contribution in [-0.4, -0.2) is 64.4 Å². The van der Waals surface area contributed by atoms with Gasteiger partial charge in [-0.05, 0) is 30.0 Å². The van der Waals surface area contributed by atoms with Crippen molar-refractivity contribution in [2.24, 2.45) is 5.92 Å². The van der Waals surface area contributed by atoms with Gasteiger partial charge in [0.1, 0.15) is 0 Å². The first kappa shape index (κ1) is 20.2. The lowest BCUT2D eigenvalue weighted by Gasteiger charge is -2.18. The summed E-state index contributed by atoms with van der Waals surface area (Å²) in [6, 6.07) is 7.85. The Labute approximate surface area is 154 Å². The maximum Gasteiger partial charge on any atom is 0.306 e. The Morgan fingerprint density at radius 1 is 1.15 bits per heavy atom. The average Bonchev–Trinajstić information content (AvgIpc) is 2.91. The Morgan fingerprint density at radius 2 is 1.81 bits per heavy atom. The number of esters is 1. The van der Waals surface area contributed by atoms with Crippen LogP contribution in [-0.2, 0) is 30.7 Å². The van der Waals surface area contributed by atoms with Crippen molar-refractivity contribution in [2.45, 2.75) is 19.4 Å². The van der Waals surface area contributed by atoms with Crippen LogP contribution in [0.1, 0.15) is 18.4 Å². The number of nitrogens with zero attached hydrogens (tertiary/aromatic N) is 2. The average molecular weight is 382 g/mol. The van der Waals surface area contributed by atoms with Gasteiger partial charge in [-0.25, -0.2) is 8.42 Å². The van der Waals surface area contributed by atoms with Crippen molar-refractivity contribution >= 4 is 27.4 Å². The van der Waals surface area contributed by atoms with Crippen molar-refractivity contribution in [1.82, 2.24) is 4.90 Å². The lowest BCUT2D eigenvalue weighted by atomic mass is 10.1. The molecule has 1 aromatic rings. The van der Waals surface area contributed by atoms with Crippen molar-refractivity contribution in [3.05, 3.63) is 29.8 Å². The summed E-state index contributed by atoms with van der Waals surface area (Å²) in [7, 11) is 2.55. The van der Waals surface area contributed by atoms with E-state index in [1.807, 2.05) is 43.3 Å². The molecule has 1 aliphatic heterocycles. The number of benzene rings is 1. The second-order valence-electron chi connectivity index (χ2n) is 6.94. The smallest absolute Gasteiger partial charge is 0.306 e. The fraction of sp³-hybridized carbons (Fsp3) is 0.556. The third kappa shape index (κ3) is 6.01. The Kier molecular flexibility index (Phi) is 6.63. The molecule has 0 radical (unpaired) electrons. The van der Waals surface area contributed by atoms with E-state index in [4.69, 9.17) is 4.74 Å². The molecular weight excluding hydrogens is 356 g/mol. The Bertz CT molecular complexity index is 743. The molecule has 0 unspecified atom stereocenters. The summed E-state index contributed by atoms with van der Waals surface area (Å²) in [5.74, 6) is -0.869. The molecular formula is C18H26N2O5S. The number of hydrogen-bond donors (Lipinski definition) is 0. The topological polar surface area (TPSA) is 84.0 Å². The first-order valence-corrected chi connectivity index (χ1v) is 10.3. The highest BCUT2D eigenvalue weighted by molar-refractivity contribution is 7.91. The number of anilines is 1. The molecule has 2 rings (SSSR count). The summed E-state index contributed by atoms with van der Waals surface area (Å²) >= 11 is 0. The summed E-state index contributed by atoms with van der Waals surface area (Å²) in [5.41, 5.74) is 2.06. The van der Waals surface area contributed by atoms with E-state index in [0.717, 1.165) is 11.3 Å². The maximum atomic E-state index is 12.1. The minimum absolute atomic E-state index is 0.0267. The molecule has 1 amide bonds. The molecule has 1 aromatic carbocycles. The third-order valence-corrected chi connectivity index (χ3v) is 6.27. The number of likely N-dealkylation sites (N-methyl/N-ethyl adjacent to an activating group) is 1. The summed E-state index contributed by atoms with van der Waals surface area (Å²) in [6.45, 7) is 0.0928. The number of rotatable bonds is 7. The van der Waals surface area contributed by atoms with E-state index in [2.05, 4.69) is 0 Å². The SMILES string of the molecule is CN(Cc1ccc(N(C)C)cc1)C(=O)COC(=O)C[C@@H]1CCS(=O)(=O)C1. The van der Waals surface area contributed by atoms with Crippen LogP contribution in [0.25, 0.3) is 0 Å². The molecule has 1 saturated heterocycles. The molecule has 1 aliphatic rings. The molecule has 1 atom stereocenters. The van der Waals surface area contributed by atoms with E-state index in [9.17, 15) is 18.0 Å². The molecule has 0 bridgehead atoms. The van der Waals surface area contributed by atoms with Gasteiger partial charge in [-0.2, -0.15) is 0 Å². The van der Waals surface area contributed by atoms with Crippen molar-refractivity contribution in [3.63, 3.8) is 0 Å². The zero-order valence-electron chi connectivity index (χ0n) is 15.5. The second-order valence-corrected chi connectivity index (χ2v) is 9.17. The van der Waals surface area contributed by atoms with Crippen LogP contribution in [0.15, 0.2) is 24.3 Å². The highest BCUT2D eigenvalue weighted by Crippen LogP contribution is 2.21. The van der Waals surface area contributed by atoms with Crippen LogP contribution in [0.4, 0.5) is 5.69 Å². The van der Waals surface area contributed by atoms with E-state index >= 15 is 0 Å². The number of amides is 1. The summed E-state index contributed by atoms with van der Waals surface area (Å²) in [4.78, 5) is 27.4. The molecule has 0 spiro atoms. The van der Waals surface area contributed by atoms with Crippen molar-refractivity contribution in [2.75, 3.05) is 44.2 Å². The molecule has 0 aromatic heterocycles. The van der Waals surface area contributed by atoms with Gasteiger partial charge in [-0.3, -0.25) is 9.59 Å². The lowest BCUT2D eigenvalue weighted by molar-refractivity contribution is -0.152. The lowest BCUT2D eigenvalue weighted by Crippen LogP contribution is -2.31. The van der Waals surface area contributed by atoms with Crippen LogP contribution >= 0.6 is 0 Å². The van der Waals surface area contributed by atoms with Gasteiger partial charge in [0.15, 0.2) is 16.4 Å². The fourth-order valence-corrected chi connectivity index (χ4v) is 4.70. The van der Waals surface area contributed by atoms with Crippen LogP contribution in [0.3, 0.4) is 0 Å². The molecule has 26 heavy (non-hydrogen) atoms. The summed E-state index contributed by atoms with van der Waals surface area (Å²) < 4.78 is 27.8. The number of carbonyl (C=O) groups is 2. The zero-order chi connectivity index (χ0) is 19.3. The van der Waals surface area contributed by atoms with Gasteiger partial charge in [0.05, 0.1) is 11.5 Å². The zero-order valence-corrected chi connectivity index (χ0v) is 16.3. The largest absolute Gasteiger partial charge is 0.456 e. The first-order chi connectivity index (χ1) is 12.2. The van der Waals surface area contributed by atoms with Gasteiger partial charge in [-0.15, -0.1) is 0 Å². The number of sulfone groups is 1. The predicted octanol–water partition coefficient (Wildman–Crippen LogP) is 1.08. The van der Waals surface area contributed by atoms with Crippen LogP contribution in [0.2, 0.25) is 0 Å². The molecule has 0 saturated carbocycles. The van der Waals surface area contributed by atoms with Crippen molar-refractivity contribution in [3.8, 4) is 0 Å². The maximum absolute atomic E-state index is 12.1. The molecule has 8 heteroatoms. The van der Waals surface area contributed by atoms with Gasteiger partial charge in [0, 0.05) is 39.8 Å². The molecule has 1 fully saturated rings. The van der Waals surface area contributed by atoms with E-state index in [1.54, 1.807) is 7.05 Å². The van der Waals surface area contributed by atoms with Crippen molar-refractivity contribution in [1.29, 1.82) is 0 Å². The van der Waals surface area contributed by atoms with E-state index in [0.29, 0.717) is 13.0 Å². The normalized spacial score (nSPS) is 18.3. The minimum Gasteiger partial charge on any atom is -0.456 e. The van der Waals surface area contributed by atoms with Gasteiger partial charge >= 0.3 is 5.97 Å². The van der Waals surface area contributed by atoms with E-state index in [-0.39, 0.29) is 36.4 Å². The molecule has 1 heterocycles. The monoisotopic (exact) mass is 382 g/mol. The molecule has 0 aliphatic carbocycles. The van der Waals surface area contributed by atoms with Gasteiger partial charge in [-0.1, -0.05) is 12.1 Å². The van der Waals surface area contributed by atoms with Crippen molar-refractivity contribution < 1.29 is 22.7 Å². The Hall–Kier alpha value is -2.09. The summed E-state index contributed by atoms with van der Waals surface area (Å²) in [5, 5.41) is 0. The highest BCUT2D eigenvalue weighted by Gasteiger charge is 2.30. The standard InChI is InChI=1S/C18H26N2O5S/c1-19(2)16-6-4-14(5-7-16)11-20(3)17(21)12-25-18(22)10-15-8-9-26(23,24)13-15/h4-7,15H,8-13H2,1-3H3/t15-/m0/s1. The van der Waals surface area contributed by atoms with Crippen LogP contribution < -0.4 is 4.90 Å². The minimum atomic E-state index is -3.01. The molecule has 0 N–H and O–H groups in total. The Balaban J connectivity index is 1.75.